The Morgan fingerprint density at radius 2 is 0.913 bits per heavy atom. The minimum absolute atomic E-state index is 0.0133. The van der Waals surface area contributed by atoms with Crippen LogP contribution in [0.15, 0.2) is 9.81 Å². The second-order valence-corrected chi connectivity index (χ2v) is 19.3. The Hall–Kier alpha value is -1.50. The summed E-state index contributed by atoms with van der Waals surface area (Å²) in [4.78, 5) is 56.5. The number of thiocarbonyl (C=S) groups is 2. The van der Waals surface area contributed by atoms with Gasteiger partial charge in [-0.3, -0.25) is 29.0 Å². The van der Waals surface area contributed by atoms with Gasteiger partial charge in [-0.05, 0) is 125 Å². The first-order valence-electron chi connectivity index (χ1n) is 17.5. The largest absolute Gasteiger partial charge is 0.351 e. The third-order valence-electron chi connectivity index (χ3n) is 12.4. The zero-order chi connectivity index (χ0) is 31.8. The van der Waals surface area contributed by atoms with E-state index in [2.05, 4.69) is 10.6 Å². The van der Waals surface area contributed by atoms with Crippen LogP contribution in [0.1, 0.15) is 103 Å². The van der Waals surface area contributed by atoms with Gasteiger partial charge in [0.1, 0.15) is 8.64 Å². The summed E-state index contributed by atoms with van der Waals surface area (Å²) in [5.41, 5.74) is -0.0265. The van der Waals surface area contributed by atoms with Gasteiger partial charge in [0.25, 0.3) is 11.8 Å². The molecule has 2 N–H and O–H groups in total. The fourth-order valence-electron chi connectivity index (χ4n) is 11.5. The highest BCUT2D eigenvalue weighted by Crippen LogP contribution is 2.57. The highest BCUT2D eigenvalue weighted by Gasteiger charge is 2.53. The molecule has 0 aromatic heterocycles. The predicted octanol–water partition coefficient (Wildman–Crippen LogP) is 5.65. The van der Waals surface area contributed by atoms with Gasteiger partial charge in [-0.1, -0.05) is 48.0 Å². The minimum atomic E-state index is -0.285. The lowest BCUT2D eigenvalue weighted by atomic mass is 9.53. The van der Waals surface area contributed by atoms with Crippen LogP contribution in [0.5, 0.6) is 0 Å². The van der Waals surface area contributed by atoms with Crippen molar-refractivity contribution in [1.29, 1.82) is 0 Å². The maximum absolute atomic E-state index is 13.4. The van der Waals surface area contributed by atoms with Crippen LogP contribution >= 0.6 is 48.0 Å². The van der Waals surface area contributed by atoms with E-state index < -0.39 is 0 Å². The summed E-state index contributed by atoms with van der Waals surface area (Å²) in [6.07, 6.45) is 16.5. The monoisotopic (exact) mass is 700 g/mol. The molecule has 2 saturated heterocycles. The first kappa shape index (κ1) is 31.7. The van der Waals surface area contributed by atoms with Crippen molar-refractivity contribution in [2.75, 3.05) is 13.1 Å². The van der Waals surface area contributed by atoms with Crippen LogP contribution in [-0.4, -0.2) is 66.2 Å². The molecule has 248 valence electrons. The van der Waals surface area contributed by atoms with Crippen molar-refractivity contribution in [2.45, 2.75) is 114 Å². The summed E-state index contributed by atoms with van der Waals surface area (Å²) in [6.45, 7) is 0.698. The van der Waals surface area contributed by atoms with Gasteiger partial charge in [0, 0.05) is 37.0 Å². The number of nitrogens with one attached hydrogen (secondary N) is 2. The van der Waals surface area contributed by atoms with Crippen LogP contribution in [0.2, 0.25) is 0 Å². The molecule has 0 spiro atoms. The van der Waals surface area contributed by atoms with Gasteiger partial charge in [-0.15, -0.1) is 0 Å². The van der Waals surface area contributed by atoms with E-state index in [9.17, 15) is 19.2 Å². The molecule has 12 heteroatoms. The van der Waals surface area contributed by atoms with Crippen molar-refractivity contribution in [3.8, 4) is 0 Å². The molecular weight excluding hydrogens is 657 g/mol. The van der Waals surface area contributed by atoms with Crippen molar-refractivity contribution in [1.82, 2.24) is 20.4 Å². The highest BCUT2D eigenvalue weighted by molar-refractivity contribution is 8.29. The van der Waals surface area contributed by atoms with Gasteiger partial charge < -0.3 is 10.6 Å². The number of hydrogen-bond donors (Lipinski definition) is 2. The third kappa shape index (κ3) is 5.99. The minimum Gasteiger partial charge on any atom is -0.351 e. The van der Waals surface area contributed by atoms with Crippen LogP contribution in [-0.2, 0) is 19.2 Å². The van der Waals surface area contributed by atoms with Gasteiger partial charge >= 0.3 is 0 Å². The Labute approximate surface area is 290 Å². The van der Waals surface area contributed by atoms with Gasteiger partial charge in [0.2, 0.25) is 11.8 Å². The Balaban J connectivity index is 0.812. The molecule has 0 unspecified atom stereocenters. The molecule has 0 aromatic carbocycles. The van der Waals surface area contributed by atoms with Gasteiger partial charge in [-0.2, -0.15) is 0 Å². The van der Waals surface area contributed by atoms with Crippen molar-refractivity contribution in [2.24, 2.45) is 35.5 Å². The van der Waals surface area contributed by atoms with Gasteiger partial charge in [0.15, 0.2) is 0 Å². The molecule has 0 atom stereocenters. The van der Waals surface area contributed by atoms with E-state index in [4.69, 9.17) is 24.4 Å². The van der Waals surface area contributed by atoms with E-state index in [1.54, 1.807) is 0 Å². The van der Waals surface area contributed by atoms with Crippen molar-refractivity contribution in [3.63, 3.8) is 0 Å². The molecule has 8 nitrogen and oxygen atoms in total. The van der Waals surface area contributed by atoms with Crippen molar-refractivity contribution >= 4 is 80.2 Å². The third-order valence-corrected chi connectivity index (χ3v) is 15.4. The van der Waals surface area contributed by atoms with E-state index in [0.717, 1.165) is 97.6 Å². The number of carbonyl (C=O) groups is 4. The topological polar surface area (TPSA) is 98.8 Å². The lowest BCUT2D eigenvalue weighted by Gasteiger charge is -2.57. The summed E-state index contributed by atoms with van der Waals surface area (Å²) in [7, 11) is 0. The normalized spacial score (nSPS) is 40.5. The maximum atomic E-state index is 13.4. The summed E-state index contributed by atoms with van der Waals surface area (Å²) in [5, 5.41) is 6.83. The molecule has 2 aliphatic heterocycles. The Morgan fingerprint density at radius 1 is 0.609 bits per heavy atom. The SMILES string of the molecule is O=C(CCCN1C(=O)C(=C2SC(=S)N(CCCC(=O)NC34CC5CC(CC(C5)C3)C4)C2=O)SC1=S)NC12CC3CC(CC(C3)C1)C2. The van der Waals surface area contributed by atoms with E-state index in [1.165, 1.54) is 48.3 Å². The molecule has 46 heavy (non-hydrogen) atoms. The molecule has 10 aliphatic rings. The number of nitrogens with zero attached hydrogens (tertiary/aromatic N) is 2. The quantitative estimate of drug-likeness (QED) is 0.223. The van der Waals surface area contributed by atoms with Crippen molar-refractivity contribution in [3.05, 3.63) is 9.81 Å². The Kier molecular flexibility index (Phi) is 8.37. The molecule has 0 radical (unpaired) electrons. The molecule has 8 saturated carbocycles. The predicted molar refractivity (Wildman–Crippen MR) is 187 cm³/mol. The van der Waals surface area contributed by atoms with E-state index in [0.29, 0.717) is 57.2 Å². The average Bonchev–Trinajstić information content (AvgIpc) is 3.39. The first-order chi connectivity index (χ1) is 22.1. The van der Waals surface area contributed by atoms with Crippen LogP contribution in [0.4, 0.5) is 0 Å². The lowest BCUT2D eigenvalue weighted by molar-refractivity contribution is -0.128. The zero-order valence-electron chi connectivity index (χ0n) is 26.4. The molecule has 10 fully saturated rings. The molecule has 8 aliphatic carbocycles. The number of carbonyl (C=O) groups excluding carboxylic acids is 4. The second kappa shape index (κ2) is 12.1. The van der Waals surface area contributed by atoms with Crippen LogP contribution in [0.3, 0.4) is 0 Å². The van der Waals surface area contributed by atoms with Gasteiger partial charge in [-0.25, -0.2) is 0 Å². The van der Waals surface area contributed by atoms with Crippen LogP contribution in [0.25, 0.3) is 0 Å². The lowest BCUT2D eigenvalue weighted by Crippen LogP contribution is -2.59. The first-order valence-corrected chi connectivity index (χ1v) is 19.9. The van der Waals surface area contributed by atoms with Crippen LogP contribution < -0.4 is 10.6 Å². The highest BCUT2D eigenvalue weighted by atomic mass is 32.2. The number of hydrogen-bond acceptors (Lipinski definition) is 8. The van der Waals surface area contributed by atoms with Gasteiger partial charge in [0.05, 0.1) is 9.81 Å². The summed E-state index contributed by atoms with van der Waals surface area (Å²) >= 11 is 13.4. The molecule has 4 amide bonds. The smallest absolute Gasteiger partial charge is 0.267 e. The number of amides is 4. The molecule has 0 aromatic rings. The second-order valence-electron chi connectivity index (χ2n) is 16.0. The van der Waals surface area contributed by atoms with Crippen LogP contribution in [0, 0.1) is 35.5 Å². The fourth-order valence-corrected chi connectivity index (χ4v) is 14.3. The molecule has 8 bridgehead atoms. The molecular formula is C34H44N4O4S4. The molecule has 2 heterocycles. The number of rotatable bonds is 10. The Bertz CT molecular complexity index is 1250. The zero-order valence-corrected chi connectivity index (χ0v) is 29.6. The maximum Gasteiger partial charge on any atom is 0.267 e. The Morgan fingerprint density at radius 3 is 1.22 bits per heavy atom. The summed E-state index contributed by atoms with van der Waals surface area (Å²) < 4.78 is 0.821. The summed E-state index contributed by atoms with van der Waals surface area (Å²) in [6, 6.07) is 0. The van der Waals surface area contributed by atoms with Crippen molar-refractivity contribution < 1.29 is 19.2 Å². The van der Waals surface area contributed by atoms with E-state index >= 15 is 0 Å². The van der Waals surface area contributed by atoms with E-state index in [1.807, 2.05) is 0 Å². The van der Waals surface area contributed by atoms with E-state index in [-0.39, 0.29) is 34.7 Å². The molecule has 10 rings (SSSR count). The standard InChI is InChI=1S/C34H44N4O4S4/c39-25(35-33-13-19-7-20(14-33)9-21(8-19)15-33)3-1-5-37-29(41)27(45-31(37)43)28-30(42)38(32(44)46-28)6-2-4-26(40)36-34-16-22-10-23(17-34)12-24(11-22)18-34/h19-24H,1-18H2,(H,35,39)(H,36,40). The average molecular weight is 701 g/mol. The number of thioether (sulfide) groups is 2. The summed E-state index contributed by atoms with van der Waals surface area (Å²) in [5.74, 6) is 4.18. The fraction of sp³-hybridized carbons (Fsp3) is 0.765.